The molecule has 71 valence electrons. The molecule has 0 aromatic rings. The van der Waals surface area contributed by atoms with Crippen molar-refractivity contribution in [2.24, 2.45) is 0 Å². The van der Waals surface area contributed by atoms with Crippen molar-refractivity contribution >= 4 is 9.28 Å². The molecular formula is C8H18NO2Si. The van der Waals surface area contributed by atoms with Crippen molar-refractivity contribution in [3.05, 3.63) is 0 Å². The first-order valence-electron chi connectivity index (χ1n) is 4.78. The fourth-order valence-electron chi connectivity index (χ4n) is 1.20. The van der Waals surface area contributed by atoms with Crippen LogP contribution in [-0.2, 0) is 8.95 Å². The summed E-state index contributed by atoms with van der Waals surface area (Å²) < 4.78 is 11.3. The third-order valence-electron chi connectivity index (χ3n) is 1.97. The minimum atomic E-state index is -0.945. The summed E-state index contributed by atoms with van der Waals surface area (Å²) in [5.41, 5.74) is 0. The van der Waals surface area contributed by atoms with Crippen LogP contribution in [0.3, 0.4) is 0 Å². The predicted molar refractivity (Wildman–Crippen MR) is 49.8 cm³/mol. The molecule has 1 aliphatic heterocycles. The lowest BCUT2D eigenvalue weighted by atomic mass is 10.4. The van der Waals surface area contributed by atoms with Crippen molar-refractivity contribution in [3.63, 3.8) is 0 Å². The van der Waals surface area contributed by atoms with Gasteiger partial charge in [-0.15, -0.1) is 0 Å². The van der Waals surface area contributed by atoms with Gasteiger partial charge in [-0.3, -0.25) is 0 Å². The van der Waals surface area contributed by atoms with Gasteiger partial charge in [-0.1, -0.05) is 13.8 Å². The molecule has 0 aliphatic carbocycles. The highest BCUT2D eigenvalue weighted by Crippen LogP contribution is 2.12. The van der Waals surface area contributed by atoms with Crippen molar-refractivity contribution in [1.29, 1.82) is 0 Å². The molecule has 4 heteroatoms. The molecule has 0 N–H and O–H groups in total. The molecule has 1 rings (SSSR count). The van der Waals surface area contributed by atoms with Crippen LogP contribution in [0, 0.1) is 0 Å². The van der Waals surface area contributed by atoms with Crippen LogP contribution in [0.4, 0.5) is 0 Å². The van der Waals surface area contributed by atoms with Crippen molar-refractivity contribution in [1.82, 2.24) is 5.06 Å². The van der Waals surface area contributed by atoms with Crippen LogP contribution in [0.1, 0.15) is 26.7 Å². The van der Waals surface area contributed by atoms with Crippen LogP contribution < -0.4 is 0 Å². The van der Waals surface area contributed by atoms with Gasteiger partial charge in [-0.2, -0.15) is 5.06 Å². The molecule has 1 saturated heterocycles. The smallest absolute Gasteiger partial charge is 0.393 e. The van der Waals surface area contributed by atoms with Crippen LogP contribution in [0.2, 0.25) is 6.04 Å². The zero-order chi connectivity index (χ0) is 8.81. The molecule has 12 heavy (non-hydrogen) atoms. The summed E-state index contributed by atoms with van der Waals surface area (Å²) >= 11 is 0. The van der Waals surface area contributed by atoms with E-state index in [1.54, 1.807) is 0 Å². The first-order chi connectivity index (χ1) is 5.86. The quantitative estimate of drug-likeness (QED) is 0.493. The maximum absolute atomic E-state index is 5.70. The zero-order valence-electron chi connectivity index (χ0n) is 8.01. The van der Waals surface area contributed by atoms with E-state index in [0.29, 0.717) is 0 Å². The minimum absolute atomic E-state index is 0.898. The third kappa shape index (κ3) is 3.22. The average molecular weight is 188 g/mol. The van der Waals surface area contributed by atoms with Crippen molar-refractivity contribution in [2.45, 2.75) is 32.7 Å². The molecule has 0 spiro atoms. The van der Waals surface area contributed by atoms with Crippen LogP contribution in [0.5, 0.6) is 0 Å². The second-order valence-corrected chi connectivity index (χ2v) is 4.60. The molecule has 0 atom stereocenters. The van der Waals surface area contributed by atoms with Crippen LogP contribution in [-0.4, -0.2) is 34.0 Å². The summed E-state index contributed by atoms with van der Waals surface area (Å²) in [5.74, 6) is 0. The van der Waals surface area contributed by atoms with E-state index in [0.717, 1.165) is 25.7 Å². The lowest BCUT2D eigenvalue weighted by Gasteiger charge is -2.25. The summed E-state index contributed by atoms with van der Waals surface area (Å²) in [6.45, 7) is 7.02. The maximum Gasteiger partial charge on any atom is 0.404 e. The van der Waals surface area contributed by atoms with E-state index in [1.807, 2.05) is 5.06 Å². The minimum Gasteiger partial charge on any atom is -0.393 e. The number of hydrogen-bond donors (Lipinski definition) is 0. The molecule has 0 saturated carbocycles. The largest absolute Gasteiger partial charge is 0.404 e. The molecule has 0 aromatic carbocycles. The molecule has 1 heterocycles. The molecular weight excluding hydrogens is 170 g/mol. The first kappa shape index (κ1) is 10.2. The Kier molecular flexibility index (Phi) is 4.83. The average Bonchev–Trinajstić information content (AvgIpc) is 2.16. The van der Waals surface area contributed by atoms with Gasteiger partial charge in [0.15, 0.2) is 0 Å². The highest BCUT2D eigenvalue weighted by molar-refractivity contribution is 6.44. The zero-order valence-corrected chi connectivity index (χ0v) is 9.01. The Hall–Kier alpha value is 0.0969. The van der Waals surface area contributed by atoms with E-state index in [-0.39, 0.29) is 0 Å². The topological polar surface area (TPSA) is 21.7 Å². The van der Waals surface area contributed by atoms with Gasteiger partial charge in [0.2, 0.25) is 0 Å². The Balaban J connectivity index is 2.18. The van der Waals surface area contributed by atoms with Gasteiger partial charge in [0.25, 0.3) is 0 Å². The number of nitrogens with zero attached hydrogens (tertiary/aromatic N) is 1. The van der Waals surface area contributed by atoms with Crippen LogP contribution in [0.25, 0.3) is 0 Å². The summed E-state index contributed by atoms with van der Waals surface area (Å²) in [4.78, 5) is 0. The van der Waals surface area contributed by atoms with Gasteiger partial charge in [-0.05, 0) is 18.9 Å². The molecule has 0 aromatic heterocycles. The highest BCUT2D eigenvalue weighted by atomic mass is 28.3. The molecule has 1 fully saturated rings. The van der Waals surface area contributed by atoms with Gasteiger partial charge in [0.1, 0.15) is 0 Å². The summed E-state index contributed by atoms with van der Waals surface area (Å²) in [5, 5.41) is 1.99. The maximum atomic E-state index is 5.70. The Morgan fingerprint density at radius 2 is 2.08 bits per heavy atom. The fourth-order valence-corrected chi connectivity index (χ4v) is 2.94. The van der Waals surface area contributed by atoms with Gasteiger partial charge >= 0.3 is 9.28 Å². The van der Waals surface area contributed by atoms with Gasteiger partial charge in [0, 0.05) is 19.7 Å². The Morgan fingerprint density at radius 1 is 1.33 bits per heavy atom. The van der Waals surface area contributed by atoms with E-state index in [9.17, 15) is 0 Å². The first-order valence-corrected chi connectivity index (χ1v) is 6.30. The van der Waals surface area contributed by atoms with E-state index in [1.165, 1.54) is 12.8 Å². The number of hydroxylamine groups is 2. The fraction of sp³-hybridized carbons (Fsp3) is 1.00. The second-order valence-electron chi connectivity index (χ2n) is 2.88. The molecule has 3 nitrogen and oxygen atoms in total. The van der Waals surface area contributed by atoms with Crippen molar-refractivity contribution in [3.8, 4) is 0 Å². The molecule has 0 unspecified atom stereocenters. The number of rotatable bonds is 4. The summed E-state index contributed by atoms with van der Waals surface area (Å²) in [6, 6.07) is 1.14. The van der Waals surface area contributed by atoms with Gasteiger partial charge in [0.05, 0.1) is 0 Å². The van der Waals surface area contributed by atoms with E-state index >= 15 is 0 Å². The Labute approximate surface area is 76.5 Å². The van der Waals surface area contributed by atoms with E-state index in [4.69, 9.17) is 8.95 Å². The predicted octanol–water partition coefficient (Wildman–Crippen LogP) is 1.56. The third-order valence-corrected chi connectivity index (χ3v) is 3.72. The lowest BCUT2D eigenvalue weighted by molar-refractivity contribution is -0.0771. The van der Waals surface area contributed by atoms with Gasteiger partial charge < -0.3 is 8.95 Å². The van der Waals surface area contributed by atoms with Crippen LogP contribution in [0.15, 0.2) is 0 Å². The number of hydrogen-bond acceptors (Lipinski definition) is 3. The Bertz CT molecular complexity index is 114. The molecule has 0 bridgehead atoms. The summed E-state index contributed by atoms with van der Waals surface area (Å²) in [6.07, 6.45) is 2.48. The normalized spacial score (nSPS) is 20.2. The molecule has 1 radical (unpaired) electrons. The second kappa shape index (κ2) is 5.69. The Morgan fingerprint density at radius 3 is 2.58 bits per heavy atom. The molecule has 1 aliphatic rings. The van der Waals surface area contributed by atoms with E-state index < -0.39 is 9.28 Å². The standard InChI is InChI=1S/C8H18NO2Si/c1-3-9(4-2)11-12-8-6-5-7-10-12/h3-8H2,1-2H3. The van der Waals surface area contributed by atoms with Gasteiger partial charge in [-0.25, -0.2) is 0 Å². The van der Waals surface area contributed by atoms with E-state index in [2.05, 4.69) is 13.8 Å². The van der Waals surface area contributed by atoms with Crippen LogP contribution >= 0.6 is 0 Å². The molecule has 0 amide bonds. The lowest BCUT2D eigenvalue weighted by Crippen LogP contribution is -2.36. The van der Waals surface area contributed by atoms with Crippen molar-refractivity contribution < 1.29 is 8.95 Å². The highest BCUT2D eigenvalue weighted by Gasteiger charge is 2.21. The van der Waals surface area contributed by atoms with Crippen molar-refractivity contribution in [2.75, 3.05) is 19.7 Å². The monoisotopic (exact) mass is 188 g/mol. The summed E-state index contributed by atoms with van der Waals surface area (Å²) in [7, 11) is -0.945. The SMILES string of the molecule is CCN(CC)O[Si]1CCCCO1.